The molecule has 5 nitrogen and oxygen atoms in total. The van der Waals surface area contributed by atoms with Crippen molar-refractivity contribution in [3.63, 3.8) is 0 Å². The number of carbonyl (C=O) groups excluding carboxylic acids is 1. The van der Waals surface area contributed by atoms with Gasteiger partial charge in [0.25, 0.3) is 5.92 Å². The normalized spacial score (nSPS) is 26.9. The number of likely N-dealkylation sites (tertiary alicyclic amines) is 1. The van der Waals surface area contributed by atoms with E-state index in [0.29, 0.717) is 0 Å². The molecule has 1 saturated carbocycles. The van der Waals surface area contributed by atoms with Crippen LogP contribution < -0.4 is 5.73 Å². The first-order valence-corrected chi connectivity index (χ1v) is 7.23. The Morgan fingerprint density at radius 3 is 2.10 bits per heavy atom. The number of ether oxygens (including phenoxy) is 1. The summed E-state index contributed by atoms with van der Waals surface area (Å²) in [5, 5.41) is 10.6. The number of nitrogens with zero attached hydrogens (tertiary/aromatic N) is 1. The molecule has 1 amide bonds. The van der Waals surface area contributed by atoms with Gasteiger partial charge in [-0.2, -0.15) is 0 Å². The van der Waals surface area contributed by atoms with Crippen LogP contribution in [0.3, 0.4) is 0 Å². The van der Waals surface area contributed by atoms with Crippen molar-refractivity contribution in [1.29, 1.82) is 0 Å². The number of carbonyl (C=O) groups is 1. The molecule has 21 heavy (non-hydrogen) atoms. The summed E-state index contributed by atoms with van der Waals surface area (Å²) >= 11 is 0. The Kier molecular flexibility index (Phi) is 3.73. The van der Waals surface area contributed by atoms with Crippen molar-refractivity contribution in [3.8, 4) is 0 Å². The van der Waals surface area contributed by atoms with E-state index in [1.54, 1.807) is 20.8 Å². The minimum atomic E-state index is -2.78. The Morgan fingerprint density at radius 1 is 1.24 bits per heavy atom. The predicted octanol–water partition coefficient (Wildman–Crippen LogP) is 1.88. The Balaban J connectivity index is 1.93. The highest BCUT2D eigenvalue weighted by Gasteiger charge is 2.64. The molecule has 0 aromatic heterocycles. The fraction of sp³-hybridized carbons (Fsp3) is 0.929. The Labute approximate surface area is 123 Å². The zero-order chi connectivity index (χ0) is 16.1. The third kappa shape index (κ3) is 3.29. The van der Waals surface area contributed by atoms with E-state index in [9.17, 15) is 18.7 Å². The van der Waals surface area contributed by atoms with Gasteiger partial charge in [0.1, 0.15) is 5.60 Å². The van der Waals surface area contributed by atoms with Gasteiger partial charge >= 0.3 is 6.09 Å². The van der Waals surface area contributed by atoms with Crippen molar-refractivity contribution in [3.05, 3.63) is 0 Å². The van der Waals surface area contributed by atoms with E-state index in [-0.39, 0.29) is 25.9 Å². The second-order valence-corrected chi connectivity index (χ2v) is 7.36. The molecular weight excluding hydrogens is 282 g/mol. The molecule has 1 aliphatic carbocycles. The molecule has 0 atom stereocenters. The van der Waals surface area contributed by atoms with Gasteiger partial charge in [-0.25, -0.2) is 13.6 Å². The lowest BCUT2D eigenvalue weighted by molar-refractivity contribution is -0.202. The molecule has 0 aromatic carbocycles. The molecule has 2 fully saturated rings. The number of alkyl halides is 2. The first kappa shape index (κ1) is 16.4. The zero-order valence-corrected chi connectivity index (χ0v) is 12.8. The average molecular weight is 306 g/mol. The van der Waals surface area contributed by atoms with E-state index in [1.807, 2.05) is 0 Å². The maximum atomic E-state index is 13.1. The first-order valence-electron chi connectivity index (χ1n) is 7.23. The fourth-order valence-corrected chi connectivity index (χ4v) is 3.08. The SMILES string of the molecule is CC(C)(C)OC(=O)N1CCC(O)(C2(N)CC(F)(F)C2)CC1. The third-order valence-corrected chi connectivity index (χ3v) is 4.32. The van der Waals surface area contributed by atoms with Gasteiger partial charge in [0.15, 0.2) is 0 Å². The monoisotopic (exact) mass is 306 g/mol. The van der Waals surface area contributed by atoms with Crippen molar-refractivity contribution in [2.75, 3.05) is 13.1 Å². The number of aliphatic hydroxyl groups is 1. The van der Waals surface area contributed by atoms with Crippen LogP contribution in [0.1, 0.15) is 46.5 Å². The fourth-order valence-electron chi connectivity index (χ4n) is 3.08. The van der Waals surface area contributed by atoms with Crippen molar-refractivity contribution in [1.82, 2.24) is 4.90 Å². The Morgan fingerprint density at radius 2 is 1.71 bits per heavy atom. The molecule has 2 aliphatic rings. The van der Waals surface area contributed by atoms with Crippen LogP contribution in [0, 0.1) is 0 Å². The summed E-state index contributed by atoms with van der Waals surface area (Å²) in [5.41, 5.74) is 2.77. The van der Waals surface area contributed by atoms with Crippen molar-refractivity contribution < 1.29 is 23.4 Å². The van der Waals surface area contributed by atoms with E-state index < -0.39 is 41.6 Å². The lowest BCUT2D eigenvalue weighted by Gasteiger charge is -2.56. The first-order chi connectivity index (χ1) is 9.36. The van der Waals surface area contributed by atoms with E-state index in [1.165, 1.54) is 4.90 Å². The molecule has 1 heterocycles. The molecule has 122 valence electrons. The van der Waals surface area contributed by atoms with Crippen LogP contribution in [0.4, 0.5) is 13.6 Å². The van der Waals surface area contributed by atoms with Gasteiger partial charge in [0.2, 0.25) is 0 Å². The highest BCUT2D eigenvalue weighted by Crippen LogP contribution is 2.52. The highest BCUT2D eigenvalue weighted by molar-refractivity contribution is 5.68. The molecule has 1 aliphatic heterocycles. The molecule has 2 rings (SSSR count). The Bertz CT molecular complexity index is 418. The number of nitrogens with two attached hydrogens (primary N) is 1. The van der Waals surface area contributed by atoms with E-state index in [0.717, 1.165) is 0 Å². The summed E-state index contributed by atoms with van der Waals surface area (Å²) < 4.78 is 31.4. The summed E-state index contributed by atoms with van der Waals surface area (Å²) in [7, 11) is 0. The van der Waals surface area contributed by atoms with Gasteiger partial charge in [0, 0.05) is 25.9 Å². The van der Waals surface area contributed by atoms with Crippen LogP contribution in [-0.4, -0.2) is 51.9 Å². The van der Waals surface area contributed by atoms with E-state index in [4.69, 9.17) is 10.5 Å². The van der Waals surface area contributed by atoms with Crippen molar-refractivity contribution in [2.24, 2.45) is 5.73 Å². The Hall–Kier alpha value is -0.950. The molecule has 7 heteroatoms. The second-order valence-electron chi connectivity index (χ2n) is 7.36. The minimum absolute atomic E-state index is 0.193. The highest BCUT2D eigenvalue weighted by atomic mass is 19.3. The summed E-state index contributed by atoms with van der Waals surface area (Å²) in [4.78, 5) is 13.4. The molecule has 0 bridgehead atoms. The van der Waals surface area contributed by atoms with Gasteiger partial charge in [-0.3, -0.25) is 0 Å². The zero-order valence-electron chi connectivity index (χ0n) is 12.8. The number of hydrogen-bond donors (Lipinski definition) is 2. The maximum Gasteiger partial charge on any atom is 0.410 e. The van der Waals surface area contributed by atoms with Gasteiger partial charge in [-0.1, -0.05) is 0 Å². The molecule has 1 saturated heterocycles. The van der Waals surface area contributed by atoms with Crippen LogP contribution in [0.25, 0.3) is 0 Å². The van der Waals surface area contributed by atoms with Crippen LogP contribution in [0.15, 0.2) is 0 Å². The van der Waals surface area contributed by atoms with Gasteiger partial charge in [-0.15, -0.1) is 0 Å². The quantitative estimate of drug-likeness (QED) is 0.775. The van der Waals surface area contributed by atoms with E-state index >= 15 is 0 Å². The summed E-state index contributed by atoms with van der Waals surface area (Å²) in [6, 6.07) is 0. The lowest BCUT2D eigenvalue weighted by Crippen LogP contribution is -2.73. The van der Waals surface area contributed by atoms with E-state index in [2.05, 4.69) is 0 Å². The molecule has 3 N–H and O–H groups in total. The number of piperidine rings is 1. The predicted molar refractivity (Wildman–Crippen MR) is 73.1 cm³/mol. The number of hydrogen-bond acceptors (Lipinski definition) is 4. The number of halogens is 2. The lowest BCUT2D eigenvalue weighted by atomic mass is 9.61. The van der Waals surface area contributed by atoms with Crippen molar-refractivity contribution >= 4 is 6.09 Å². The van der Waals surface area contributed by atoms with Gasteiger partial charge in [0.05, 0.1) is 11.1 Å². The second kappa shape index (κ2) is 4.78. The summed E-state index contributed by atoms with van der Waals surface area (Å²) in [5.74, 6) is -2.78. The van der Waals surface area contributed by atoms with Crippen LogP contribution in [0.5, 0.6) is 0 Å². The maximum absolute atomic E-state index is 13.1. The van der Waals surface area contributed by atoms with Crippen LogP contribution in [0.2, 0.25) is 0 Å². The molecule has 0 unspecified atom stereocenters. The van der Waals surface area contributed by atoms with Crippen molar-refractivity contribution in [2.45, 2.75) is 69.1 Å². The van der Waals surface area contributed by atoms with Crippen LogP contribution in [-0.2, 0) is 4.74 Å². The number of rotatable bonds is 1. The molecule has 0 radical (unpaired) electrons. The number of amides is 1. The standard InChI is InChI=1S/C14H24F2N2O3/c1-11(2,3)21-10(19)18-6-4-13(20,5-7-18)12(17)8-14(15,16)9-12/h20H,4-9,17H2,1-3H3. The van der Waals surface area contributed by atoms with Crippen LogP contribution >= 0.6 is 0 Å². The average Bonchev–Trinajstić information content (AvgIpc) is 2.24. The minimum Gasteiger partial charge on any atom is -0.444 e. The summed E-state index contributed by atoms with van der Waals surface area (Å²) in [6.07, 6.45) is -1.06. The van der Waals surface area contributed by atoms with Gasteiger partial charge < -0.3 is 20.5 Å². The molecular formula is C14H24F2N2O3. The van der Waals surface area contributed by atoms with Gasteiger partial charge in [-0.05, 0) is 33.6 Å². The molecule has 0 aromatic rings. The third-order valence-electron chi connectivity index (χ3n) is 4.32. The topological polar surface area (TPSA) is 75.8 Å². The molecule has 0 spiro atoms. The largest absolute Gasteiger partial charge is 0.444 e. The summed E-state index contributed by atoms with van der Waals surface area (Å²) in [6.45, 7) is 5.84. The smallest absolute Gasteiger partial charge is 0.410 e.